The van der Waals surface area contributed by atoms with Crippen molar-refractivity contribution in [3.8, 4) is 5.75 Å². The van der Waals surface area contributed by atoms with Gasteiger partial charge >= 0.3 is 0 Å². The molecule has 1 aromatic carbocycles. The Morgan fingerprint density at radius 2 is 2.00 bits per heavy atom. The smallest absolute Gasteiger partial charge is 0.119 e. The number of nitrogens with one attached hydrogen (secondary N) is 1. The number of rotatable bonds is 5. The molecular formula is C17H22N2O. The monoisotopic (exact) mass is 270 g/mol. The second-order valence-corrected chi connectivity index (χ2v) is 4.89. The molecular weight excluding hydrogens is 248 g/mol. The van der Waals surface area contributed by atoms with Gasteiger partial charge in [-0.25, -0.2) is 0 Å². The molecule has 3 heteroatoms. The summed E-state index contributed by atoms with van der Waals surface area (Å²) in [5.74, 6) is 0.893. The lowest BCUT2D eigenvalue weighted by molar-refractivity contribution is 0.414. The molecule has 106 valence electrons. The third-order valence-electron chi connectivity index (χ3n) is 3.56. The van der Waals surface area contributed by atoms with E-state index < -0.39 is 0 Å². The van der Waals surface area contributed by atoms with Crippen LogP contribution in [-0.2, 0) is 0 Å². The number of benzene rings is 1. The number of pyridine rings is 1. The molecule has 20 heavy (non-hydrogen) atoms. The largest absolute Gasteiger partial charge is 0.497 e. The molecule has 0 aliphatic heterocycles. The Hall–Kier alpha value is -1.87. The van der Waals surface area contributed by atoms with Crippen LogP contribution in [0.1, 0.15) is 35.3 Å². The van der Waals surface area contributed by atoms with Crippen LogP contribution < -0.4 is 10.1 Å². The summed E-state index contributed by atoms with van der Waals surface area (Å²) in [6, 6.07) is 10.5. The third kappa shape index (κ3) is 2.99. The van der Waals surface area contributed by atoms with E-state index in [1.54, 1.807) is 7.11 Å². The van der Waals surface area contributed by atoms with Gasteiger partial charge in [0, 0.05) is 11.9 Å². The van der Waals surface area contributed by atoms with Crippen LogP contribution in [0.25, 0.3) is 0 Å². The van der Waals surface area contributed by atoms with Crippen molar-refractivity contribution in [2.45, 2.75) is 26.8 Å². The van der Waals surface area contributed by atoms with E-state index in [4.69, 9.17) is 4.74 Å². The highest BCUT2D eigenvalue weighted by molar-refractivity contribution is 5.42. The minimum absolute atomic E-state index is 0.166. The van der Waals surface area contributed by atoms with Crippen molar-refractivity contribution in [1.29, 1.82) is 0 Å². The molecule has 3 nitrogen and oxygen atoms in total. The van der Waals surface area contributed by atoms with Crippen LogP contribution in [0.4, 0.5) is 0 Å². The molecule has 1 N–H and O–H groups in total. The van der Waals surface area contributed by atoms with Crippen molar-refractivity contribution < 1.29 is 4.74 Å². The predicted octanol–water partition coefficient (Wildman–Crippen LogP) is 3.41. The summed E-state index contributed by atoms with van der Waals surface area (Å²) in [4.78, 5) is 4.41. The van der Waals surface area contributed by atoms with E-state index in [1.807, 2.05) is 18.3 Å². The number of nitrogens with zero attached hydrogens (tertiary/aromatic N) is 1. The summed E-state index contributed by atoms with van der Waals surface area (Å²) < 4.78 is 5.29. The molecule has 1 heterocycles. The van der Waals surface area contributed by atoms with Crippen LogP contribution in [0, 0.1) is 13.8 Å². The molecule has 2 aromatic rings. The molecule has 0 amide bonds. The summed E-state index contributed by atoms with van der Waals surface area (Å²) in [6.45, 7) is 7.20. The van der Waals surface area contributed by atoms with Crippen LogP contribution in [0.3, 0.4) is 0 Å². The van der Waals surface area contributed by atoms with E-state index in [0.29, 0.717) is 0 Å². The predicted molar refractivity (Wildman–Crippen MR) is 82.2 cm³/mol. The highest BCUT2D eigenvalue weighted by atomic mass is 16.5. The summed E-state index contributed by atoms with van der Waals surface area (Å²) in [5.41, 5.74) is 4.78. The van der Waals surface area contributed by atoms with Gasteiger partial charge in [0.25, 0.3) is 0 Å². The second kappa shape index (κ2) is 6.53. The van der Waals surface area contributed by atoms with E-state index >= 15 is 0 Å². The van der Waals surface area contributed by atoms with Crippen LogP contribution in [-0.4, -0.2) is 18.6 Å². The van der Waals surface area contributed by atoms with Gasteiger partial charge in [-0.3, -0.25) is 4.98 Å². The van der Waals surface area contributed by atoms with Crippen molar-refractivity contribution in [2.75, 3.05) is 13.7 Å². The van der Waals surface area contributed by atoms with E-state index in [-0.39, 0.29) is 6.04 Å². The number of hydrogen-bond acceptors (Lipinski definition) is 3. The van der Waals surface area contributed by atoms with Crippen LogP contribution >= 0.6 is 0 Å². The summed E-state index contributed by atoms with van der Waals surface area (Å²) in [5, 5.41) is 3.55. The van der Waals surface area contributed by atoms with E-state index in [2.05, 4.69) is 49.3 Å². The zero-order valence-corrected chi connectivity index (χ0v) is 12.6. The number of aromatic nitrogens is 1. The molecule has 0 saturated heterocycles. The van der Waals surface area contributed by atoms with Crippen LogP contribution in [0.15, 0.2) is 36.5 Å². The minimum atomic E-state index is 0.166. The lowest BCUT2D eigenvalue weighted by Gasteiger charge is -2.22. The van der Waals surface area contributed by atoms with E-state index in [9.17, 15) is 0 Å². The molecule has 0 spiro atoms. The quantitative estimate of drug-likeness (QED) is 0.904. The standard InChI is InChI=1S/C17H22N2O/c1-5-18-17(16-7-6-10-19-13(16)3)15-9-8-14(20-4)11-12(15)2/h6-11,17-18H,5H2,1-4H3. The zero-order valence-electron chi connectivity index (χ0n) is 12.6. The van der Waals surface area contributed by atoms with Crippen LogP contribution in [0.5, 0.6) is 5.75 Å². The SMILES string of the molecule is CCNC(c1ccc(OC)cc1C)c1cccnc1C. The maximum Gasteiger partial charge on any atom is 0.119 e. The lowest BCUT2D eigenvalue weighted by Crippen LogP contribution is -2.23. The first-order valence-corrected chi connectivity index (χ1v) is 6.96. The number of aryl methyl sites for hydroxylation is 2. The van der Waals surface area contributed by atoms with E-state index in [1.165, 1.54) is 16.7 Å². The molecule has 0 radical (unpaired) electrons. The van der Waals surface area contributed by atoms with Crippen molar-refractivity contribution in [1.82, 2.24) is 10.3 Å². The molecule has 1 unspecified atom stereocenters. The van der Waals surface area contributed by atoms with Gasteiger partial charge in [0.15, 0.2) is 0 Å². The minimum Gasteiger partial charge on any atom is -0.497 e. The van der Waals surface area contributed by atoms with Crippen molar-refractivity contribution >= 4 is 0 Å². The third-order valence-corrected chi connectivity index (χ3v) is 3.56. The first kappa shape index (κ1) is 14.5. The molecule has 0 aliphatic rings. The Bertz CT molecular complexity index is 581. The van der Waals surface area contributed by atoms with Gasteiger partial charge in [-0.05, 0) is 55.3 Å². The fourth-order valence-electron chi connectivity index (χ4n) is 2.49. The van der Waals surface area contributed by atoms with Gasteiger partial charge in [-0.15, -0.1) is 0 Å². The van der Waals surface area contributed by atoms with E-state index in [0.717, 1.165) is 18.0 Å². The Morgan fingerprint density at radius 1 is 1.20 bits per heavy atom. The number of ether oxygens (including phenoxy) is 1. The van der Waals surface area contributed by atoms with Gasteiger partial charge in [-0.1, -0.05) is 19.1 Å². The van der Waals surface area contributed by atoms with Gasteiger partial charge in [0.1, 0.15) is 5.75 Å². The summed E-state index contributed by atoms with van der Waals surface area (Å²) >= 11 is 0. The molecule has 0 saturated carbocycles. The second-order valence-electron chi connectivity index (χ2n) is 4.89. The van der Waals surface area contributed by atoms with Gasteiger partial charge in [0.2, 0.25) is 0 Å². The highest BCUT2D eigenvalue weighted by Crippen LogP contribution is 2.28. The average molecular weight is 270 g/mol. The highest BCUT2D eigenvalue weighted by Gasteiger charge is 2.17. The fraction of sp³-hybridized carbons (Fsp3) is 0.353. The summed E-state index contributed by atoms with van der Waals surface area (Å²) in [7, 11) is 1.70. The Balaban J connectivity index is 2.46. The molecule has 0 fully saturated rings. The first-order chi connectivity index (χ1) is 9.67. The van der Waals surface area contributed by atoms with Crippen molar-refractivity contribution in [3.63, 3.8) is 0 Å². The molecule has 1 aromatic heterocycles. The van der Waals surface area contributed by atoms with Crippen LogP contribution in [0.2, 0.25) is 0 Å². The van der Waals surface area contributed by atoms with Gasteiger partial charge < -0.3 is 10.1 Å². The van der Waals surface area contributed by atoms with Gasteiger partial charge in [-0.2, -0.15) is 0 Å². The zero-order chi connectivity index (χ0) is 14.5. The van der Waals surface area contributed by atoms with Crippen molar-refractivity contribution in [2.24, 2.45) is 0 Å². The Labute approximate surface area is 121 Å². The summed E-state index contributed by atoms with van der Waals surface area (Å²) in [6.07, 6.45) is 1.84. The Kier molecular flexibility index (Phi) is 4.74. The maximum absolute atomic E-state index is 5.29. The topological polar surface area (TPSA) is 34.1 Å². The normalized spacial score (nSPS) is 12.2. The lowest BCUT2D eigenvalue weighted by atomic mass is 9.94. The molecule has 2 rings (SSSR count). The maximum atomic E-state index is 5.29. The molecule has 1 atom stereocenters. The first-order valence-electron chi connectivity index (χ1n) is 6.96. The molecule has 0 aliphatic carbocycles. The Morgan fingerprint density at radius 3 is 2.60 bits per heavy atom. The fourth-order valence-corrected chi connectivity index (χ4v) is 2.49. The average Bonchev–Trinajstić information content (AvgIpc) is 2.46. The number of methoxy groups -OCH3 is 1. The van der Waals surface area contributed by atoms with Crippen molar-refractivity contribution in [3.05, 3.63) is 58.9 Å². The van der Waals surface area contributed by atoms with Gasteiger partial charge in [0.05, 0.1) is 13.2 Å². The molecule has 0 bridgehead atoms. The number of hydrogen-bond donors (Lipinski definition) is 1.